The molecular weight excluding hydrogens is 238 g/mol. The van der Waals surface area contributed by atoms with Crippen LogP contribution in [0.4, 0.5) is 0 Å². The first-order valence-electron chi connectivity index (χ1n) is 7.00. The smallest absolute Gasteiger partial charge is 0.120 e. The van der Waals surface area contributed by atoms with Crippen LogP contribution in [0.25, 0.3) is 0 Å². The molecule has 1 saturated heterocycles. The standard InChI is InChI=1S/C16H25NO2/c1-11-6-7-14(15(18)8-11)13(3)17-9-12(2)19-16(4,5)10-17/h6-8,12-13,18H,9-10H2,1-5H3. The van der Waals surface area contributed by atoms with Crippen LogP contribution in [-0.4, -0.2) is 34.8 Å². The minimum atomic E-state index is -0.133. The van der Waals surface area contributed by atoms with Crippen molar-refractivity contribution >= 4 is 0 Å². The summed E-state index contributed by atoms with van der Waals surface area (Å²) in [4.78, 5) is 2.39. The molecule has 0 spiro atoms. The molecule has 0 bridgehead atoms. The number of ether oxygens (including phenoxy) is 1. The summed E-state index contributed by atoms with van der Waals surface area (Å²) in [5, 5.41) is 10.1. The van der Waals surface area contributed by atoms with Crippen LogP contribution in [0.5, 0.6) is 5.75 Å². The van der Waals surface area contributed by atoms with E-state index >= 15 is 0 Å². The van der Waals surface area contributed by atoms with E-state index in [0.29, 0.717) is 5.75 Å². The van der Waals surface area contributed by atoms with E-state index in [1.165, 1.54) is 0 Å². The van der Waals surface area contributed by atoms with Gasteiger partial charge in [-0.15, -0.1) is 0 Å². The van der Waals surface area contributed by atoms with E-state index in [-0.39, 0.29) is 17.7 Å². The van der Waals surface area contributed by atoms with E-state index < -0.39 is 0 Å². The number of phenols is 1. The third-order valence-corrected chi connectivity index (χ3v) is 3.78. The molecule has 0 aliphatic carbocycles. The quantitative estimate of drug-likeness (QED) is 0.889. The molecule has 1 heterocycles. The van der Waals surface area contributed by atoms with Crippen LogP contribution in [0, 0.1) is 6.92 Å². The summed E-state index contributed by atoms with van der Waals surface area (Å²) in [6, 6.07) is 6.12. The highest BCUT2D eigenvalue weighted by Gasteiger charge is 2.34. The van der Waals surface area contributed by atoms with Crippen molar-refractivity contribution in [1.29, 1.82) is 0 Å². The van der Waals surface area contributed by atoms with Gasteiger partial charge in [0.05, 0.1) is 11.7 Å². The fourth-order valence-corrected chi connectivity index (χ4v) is 3.00. The summed E-state index contributed by atoms with van der Waals surface area (Å²) in [6.07, 6.45) is 0.221. The lowest BCUT2D eigenvalue weighted by atomic mass is 9.99. The molecule has 1 aliphatic rings. The number of aryl methyl sites for hydroxylation is 1. The normalized spacial score (nSPS) is 25.2. The fraction of sp³-hybridized carbons (Fsp3) is 0.625. The molecule has 19 heavy (non-hydrogen) atoms. The van der Waals surface area contributed by atoms with Crippen molar-refractivity contribution in [1.82, 2.24) is 4.90 Å². The SMILES string of the molecule is Cc1ccc(C(C)N2CC(C)OC(C)(C)C2)c(O)c1. The van der Waals surface area contributed by atoms with Gasteiger partial charge in [-0.3, -0.25) is 4.90 Å². The van der Waals surface area contributed by atoms with Crippen LogP contribution in [0.1, 0.15) is 44.9 Å². The Morgan fingerprint density at radius 3 is 2.68 bits per heavy atom. The van der Waals surface area contributed by atoms with Crippen molar-refractivity contribution in [2.75, 3.05) is 13.1 Å². The number of hydrogen-bond donors (Lipinski definition) is 1. The number of morpholine rings is 1. The zero-order valence-electron chi connectivity index (χ0n) is 12.6. The van der Waals surface area contributed by atoms with Gasteiger partial charge < -0.3 is 9.84 Å². The maximum absolute atomic E-state index is 10.1. The van der Waals surface area contributed by atoms with Crippen LogP contribution in [0.3, 0.4) is 0 Å². The van der Waals surface area contributed by atoms with Crippen molar-refractivity contribution in [2.45, 2.75) is 52.4 Å². The number of benzene rings is 1. The largest absolute Gasteiger partial charge is 0.508 e. The van der Waals surface area contributed by atoms with Gasteiger partial charge in [0.1, 0.15) is 5.75 Å². The van der Waals surface area contributed by atoms with Crippen molar-refractivity contribution < 1.29 is 9.84 Å². The van der Waals surface area contributed by atoms with E-state index in [1.54, 1.807) is 0 Å². The molecule has 3 nitrogen and oxygen atoms in total. The Kier molecular flexibility index (Phi) is 3.88. The maximum Gasteiger partial charge on any atom is 0.120 e. The molecule has 1 aromatic carbocycles. The van der Waals surface area contributed by atoms with E-state index in [2.05, 4.69) is 38.7 Å². The summed E-state index contributed by atoms with van der Waals surface area (Å²) < 4.78 is 5.94. The molecule has 1 aliphatic heterocycles. The first kappa shape index (κ1) is 14.4. The fourth-order valence-electron chi connectivity index (χ4n) is 3.00. The third kappa shape index (κ3) is 3.28. The lowest BCUT2D eigenvalue weighted by Crippen LogP contribution is -2.52. The second-order valence-electron chi connectivity index (χ2n) is 6.36. The molecule has 0 saturated carbocycles. The molecule has 1 N–H and O–H groups in total. The van der Waals surface area contributed by atoms with E-state index in [9.17, 15) is 5.11 Å². The van der Waals surface area contributed by atoms with Gasteiger partial charge in [0.2, 0.25) is 0 Å². The summed E-state index contributed by atoms with van der Waals surface area (Å²) in [6.45, 7) is 12.3. The van der Waals surface area contributed by atoms with Crippen LogP contribution in [-0.2, 0) is 4.74 Å². The Labute approximate surface area is 116 Å². The van der Waals surface area contributed by atoms with Crippen molar-refractivity contribution in [2.24, 2.45) is 0 Å². The number of nitrogens with zero attached hydrogens (tertiary/aromatic N) is 1. The Balaban J connectivity index is 2.21. The second-order valence-corrected chi connectivity index (χ2v) is 6.36. The zero-order valence-corrected chi connectivity index (χ0v) is 12.6. The Morgan fingerprint density at radius 1 is 1.42 bits per heavy atom. The molecule has 3 heteroatoms. The molecule has 0 aromatic heterocycles. The lowest BCUT2D eigenvalue weighted by Gasteiger charge is -2.44. The zero-order chi connectivity index (χ0) is 14.2. The van der Waals surface area contributed by atoms with Gasteiger partial charge in [-0.05, 0) is 46.2 Å². The second kappa shape index (κ2) is 5.14. The highest BCUT2D eigenvalue weighted by molar-refractivity contribution is 5.37. The number of hydrogen-bond acceptors (Lipinski definition) is 3. The van der Waals surface area contributed by atoms with Gasteiger partial charge >= 0.3 is 0 Å². The molecule has 2 unspecified atom stereocenters. The van der Waals surface area contributed by atoms with Crippen molar-refractivity contribution in [3.63, 3.8) is 0 Å². The Hall–Kier alpha value is -1.06. The lowest BCUT2D eigenvalue weighted by molar-refractivity contribution is -0.137. The van der Waals surface area contributed by atoms with Crippen LogP contribution >= 0.6 is 0 Å². The van der Waals surface area contributed by atoms with Gasteiger partial charge in [-0.25, -0.2) is 0 Å². The minimum absolute atomic E-state index is 0.133. The van der Waals surface area contributed by atoms with Gasteiger partial charge in [0.25, 0.3) is 0 Å². The third-order valence-electron chi connectivity index (χ3n) is 3.78. The molecule has 0 radical (unpaired) electrons. The maximum atomic E-state index is 10.1. The number of aromatic hydroxyl groups is 1. The topological polar surface area (TPSA) is 32.7 Å². The average molecular weight is 263 g/mol. The van der Waals surface area contributed by atoms with Crippen molar-refractivity contribution in [3.05, 3.63) is 29.3 Å². The van der Waals surface area contributed by atoms with Gasteiger partial charge in [0.15, 0.2) is 0 Å². The van der Waals surface area contributed by atoms with Crippen LogP contribution in [0.2, 0.25) is 0 Å². The number of rotatable bonds is 2. The number of phenolic OH excluding ortho intramolecular Hbond substituents is 1. The monoisotopic (exact) mass is 263 g/mol. The van der Waals surface area contributed by atoms with Crippen LogP contribution < -0.4 is 0 Å². The summed E-state index contributed by atoms with van der Waals surface area (Å²) in [5.41, 5.74) is 1.95. The van der Waals surface area contributed by atoms with E-state index in [0.717, 1.165) is 24.2 Å². The molecule has 0 amide bonds. The van der Waals surface area contributed by atoms with Gasteiger partial charge in [-0.2, -0.15) is 0 Å². The molecule has 106 valence electrons. The average Bonchev–Trinajstić information content (AvgIpc) is 2.25. The first-order chi connectivity index (χ1) is 8.78. The Bertz CT molecular complexity index is 456. The van der Waals surface area contributed by atoms with E-state index in [1.807, 2.05) is 19.1 Å². The van der Waals surface area contributed by atoms with Gasteiger partial charge in [0, 0.05) is 24.7 Å². The van der Waals surface area contributed by atoms with Gasteiger partial charge in [-0.1, -0.05) is 12.1 Å². The van der Waals surface area contributed by atoms with Crippen LogP contribution in [0.15, 0.2) is 18.2 Å². The predicted molar refractivity (Wildman–Crippen MR) is 77.5 cm³/mol. The molecule has 1 aromatic rings. The van der Waals surface area contributed by atoms with E-state index in [4.69, 9.17) is 4.74 Å². The minimum Gasteiger partial charge on any atom is -0.508 e. The highest BCUT2D eigenvalue weighted by Crippen LogP contribution is 2.33. The summed E-state index contributed by atoms with van der Waals surface area (Å²) >= 11 is 0. The summed E-state index contributed by atoms with van der Waals surface area (Å²) in [7, 11) is 0. The Morgan fingerprint density at radius 2 is 2.11 bits per heavy atom. The first-order valence-corrected chi connectivity index (χ1v) is 7.00. The predicted octanol–water partition coefficient (Wildman–Crippen LogP) is 3.26. The molecule has 2 rings (SSSR count). The van der Waals surface area contributed by atoms with Crippen molar-refractivity contribution in [3.8, 4) is 5.75 Å². The molecular formula is C16H25NO2. The molecule has 1 fully saturated rings. The molecule has 2 atom stereocenters. The highest BCUT2D eigenvalue weighted by atomic mass is 16.5. The summed E-state index contributed by atoms with van der Waals surface area (Å²) in [5.74, 6) is 0.393.